The van der Waals surface area contributed by atoms with E-state index < -0.39 is 0 Å². The molecule has 0 unspecified atom stereocenters. The first-order chi connectivity index (χ1) is 14.7. The minimum absolute atomic E-state index is 0.228. The van der Waals surface area contributed by atoms with Crippen LogP contribution in [0.2, 0.25) is 0 Å². The first-order valence-corrected chi connectivity index (χ1v) is 9.62. The van der Waals surface area contributed by atoms with E-state index in [4.69, 9.17) is 18.9 Å². The Morgan fingerprint density at radius 3 is 2.17 bits per heavy atom. The molecule has 0 fully saturated rings. The highest BCUT2D eigenvalue weighted by Gasteiger charge is 2.14. The van der Waals surface area contributed by atoms with E-state index in [9.17, 15) is 4.79 Å². The number of hydrogen-bond acceptors (Lipinski definition) is 5. The van der Waals surface area contributed by atoms with Crippen molar-refractivity contribution in [1.29, 1.82) is 0 Å². The van der Waals surface area contributed by atoms with Crippen LogP contribution in [-0.4, -0.2) is 26.7 Å². The normalized spacial score (nSPS) is 10.2. The predicted molar refractivity (Wildman–Crippen MR) is 116 cm³/mol. The van der Waals surface area contributed by atoms with E-state index in [0.717, 1.165) is 5.56 Å². The van der Waals surface area contributed by atoms with E-state index in [2.05, 4.69) is 5.32 Å². The quantitative estimate of drug-likeness (QED) is 0.545. The summed E-state index contributed by atoms with van der Waals surface area (Å²) in [5.41, 5.74) is 1.85. The van der Waals surface area contributed by atoms with Crippen LogP contribution in [0.3, 0.4) is 0 Å². The van der Waals surface area contributed by atoms with Gasteiger partial charge in [-0.2, -0.15) is 0 Å². The molecular formula is C24H25NO5. The molecule has 0 saturated heterocycles. The van der Waals surface area contributed by atoms with Gasteiger partial charge < -0.3 is 24.3 Å². The summed E-state index contributed by atoms with van der Waals surface area (Å²) in [6, 6.07) is 19.9. The molecule has 1 N–H and O–H groups in total. The molecule has 0 aromatic heterocycles. The molecule has 30 heavy (non-hydrogen) atoms. The van der Waals surface area contributed by atoms with E-state index in [0.29, 0.717) is 40.9 Å². The first kappa shape index (κ1) is 21.0. The standard InChI is InChI=1S/C24H25NO5/c1-4-29-20-14-13-17(24(26)25-19-9-5-6-10-21(19)27-2)15-18(20)16-30-23-12-8-7-11-22(23)28-3/h5-15H,4,16H2,1-3H3,(H,25,26). The fourth-order valence-corrected chi connectivity index (χ4v) is 2.97. The third-order valence-corrected chi connectivity index (χ3v) is 4.43. The molecule has 6 nitrogen and oxygen atoms in total. The van der Waals surface area contributed by atoms with Gasteiger partial charge in [-0.15, -0.1) is 0 Å². The van der Waals surface area contributed by atoms with Crippen LogP contribution in [0.25, 0.3) is 0 Å². The van der Waals surface area contributed by atoms with Gasteiger partial charge in [0.1, 0.15) is 18.1 Å². The number of carbonyl (C=O) groups is 1. The van der Waals surface area contributed by atoms with Crippen LogP contribution in [0.15, 0.2) is 66.7 Å². The Labute approximate surface area is 176 Å². The monoisotopic (exact) mass is 407 g/mol. The zero-order chi connectivity index (χ0) is 21.3. The van der Waals surface area contributed by atoms with Crippen molar-refractivity contribution in [2.24, 2.45) is 0 Å². The van der Waals surface area contributed by atoms with Gasteiger partial charge in [-0.1, -0.05) is 24.3 Å². The lowest BCUT2D eigenvalue weighted by Crippen LogP contribution is -2.13. The van der Waals surface area contributed by atoms with Crippen LogP contribution in [0, 0.1) is 0 Å². The molecule has 0 spiro atoms. The zero-order valence-corrected chi connectivity index (χ0v) is 17.3. The van der Waals surface area contributed by atoms with Crippen molar-refractivity contribution >= 4 is 11.6 Å². The number of ether oxygens (including phenoxy) is 4. The fourth-order valence-electron chi connectivity index (χ4n) is 2.97. The molecule has 0 radical (unpaired) electrons. The van der Waals surface area contributed by atoms with Gasteiger partial charge >= 0.3 is 0 Å². The number of nitrogens with one attached hydrogen (secondary N) is 1. The minimum atomic E-state index is -0.249. The molecule has 3 aromatic rings. The molecule has 0 aliphatic heterocycles. The van der Waals surface area contributed by atoms with Crippen molar-refractivity contribution in [3.63, 3.8) is 0 Å². The zero-order valence-electron chi connectivity index (χ0n) is 17.3. The Morgan fingerprint density at radius 2 is 1.47 bits per heavy atom. The molecule has 3 aromatic carbocycles. The highest BCUT2D eigenvalue weighted by Crippen LogP contribution is 2.29. The van der Waals surface area contributed by atoms with E-state index in [1.165, 1.54) is 0 Å². The highest BCUT2D eigenvalue weighted by molar-refractivity contribution is 6.05. The first-order valence-electron chi connectivity index (χ1n) is 9.62. The Morgan fingerprint density at radius 1 is 0.800 bits per heavy atom. The summed E-state index contributed by atoms with van der Waals surface area (Å²) in [6.07, 6.45) is 0. The van der Waals surface area contributed by atoms with Crippen LogP contribution >= 0.6 is 0 Å². The van der Waals surface area contributed by atoms with Crippen molar-refractivity contribution in [2.75, 3.05) is 26.1 Å². The average Bonchev–Trinajstić information content (AvgIpc) is 2.79. The Kier molecular flexibility index (Phi) is 7.16. The maximum atomic E-state index is 12.8. The van der Waals surface area contributed by atoms with Crippen molar-refractivity contribution in [3.05, 3.63) is 77.9 Å². The SMILES string of the molecule is CCOc1ccc(C(=O)Nc2ccccc2OC)cc1COc1ccccc1OC. The predicted octanol–water partition coefficient (Wildman–Crippen LogP) is 4.93. The van der Waals surface area contributed by atoms with Crippen LogP contribution in [0.5, 0.6) is 23.0 Å². The van der Waals surface area contributed by atoms with E-state index in [1.807, 2.05) is 43.3 Å². The average molecular weight is 407 g/mol. The number of amides is 1. The molecule has 0 aliphatic rings. The smallest absolute Gasteiger partial charge is 0.255 e. The number of anilines is 1. The van der Waals surface area contributed by atoms with Gasteiger partial charge in [0.25, 0.3) is 5.91 Å². The van der Waals surface area contributed by atoms with E-state index in [1.54, 1.807) is 44.6 Å². The molecule has 0 aliphatic carbocycles. The number of rotatable bonds is 9. The van der Waals surface area contributed by atoms with Crippen molar-refractivity contribution in [3.8, 4) is 23.0 Å². The Balaban J connectivity index is 1.82. The number of carbonyl (C=O) groups excluding carboxylic acids is 1. The number of hydrogen-bond donors (Lipinski definition) is 1. The van der Waals surface area contributed by atoms with Gasteiger partial charge in [0.15, 0.2) is 11.5 Å². The topological polar surface area (TPSA) is 66.0 Å². The number of benzene rings is 3. The summed E-state index contributed by atoms with van der Waals surface area (Å²) in [6.45, 7) is 2.65. The molecule has 0 saturated carbocycles. The maximum absolute atomic E-state index is 12.8. The molecule has 3 rings (SSSR count). The number of methoxy groups -OCH3 is 2. The second-order valence-electron chi connectivity index (χ2n) is 6.35. The Bertz CT molecular complexity index is 1000. The maximum Gasteiger partial charge on any atom is 0.255 e. The second kappa shape index (κ2) is 10.2. The molecule has 0 atom stereocenters. The van der Waals surface area contributed by atoms with Crippen LogP contribution in [0.1, 0.15) is 22.8 Å². The molecule has 6 heteroatoms. The molecule has 156 valence electrons. The lowest BCUT2D eigenvalue weighted by molar-refractivity contribution is 0.102. The lowest BCUT2D eigenvalue weighted by Gasteiger charge is -2.15. The second-order valence-corrected chi connectivity index (χ2v) is 6.35. The fraction of sp³-hybridized carbons (Fsp3) is 0.208. The number of para-hydroxylation sites is 4. The van der Waals surface area contributed by atoms with Gasteiger partial charge in [0.05, 0.1) is 26.5 Å². The van der Waals surface area contributed by atoms with Gasteiger partial charge in [-0.3, -0.25) is 4.79 Å². The van der Waals surface area contributed by atoms with Crippen molar-refractivity contribution in [1.82, 2.24) is 0 Å². The van der Waals surface area contributed by atoms with Gasteiger partial charge in [0.2, 0.25) is 0 Å². The largest absolute Gasteiger partial charge is 0.495 e. The van der Waals surface area contributed by atoms with E-state index >= 15 is 0 Å². The molecule has 0 bridgehead atoms. The van der Waals surface area contributed by atoms with E-state index in [-0.39, 0.29) is 12.5 Å². The van der Waals surface area contributed by atoms with Crippen molar-refractivity contribution < 1.29 is 23.7 Å². The summed E-state index contributed by atoms with van der Waals surface area (Å²) in [7, 11) is 3.16. The van der Waals surface area contributed by atoms with Crippen LogP contribution in [0.4, 0.5) is 5.69 Å². The summed E-state index contributed by atoms with van der Waals surface area (Å²) in [4.78, 5) is 12.8. The Hall–Kier alpha value is -3.67. The van der Waals surface area contributed by atoms with Gasteiger partial charge in [-0.25, -0.2) is 0 Å². The third kappa shape index (κ3) is 5.03. The summed E-state index contributed by atoms with van der Waals surface area (Å²) >= 11 is 0. The molecule has 0 heterocycles. The summed E-state index contributed by atoms with van der Waals surface area (Å²) in [5, 5.41) is 2.88. The molecule has 1 amide bonds. The summed E-state index contributed by atoms with van der Waals surface area (Å²) < 4.78 is 22.3. The van der Waals surface area contributed by atoms with Crippen molar-refractivity contribution in [2.45, 2.75) is 13.5 Å². The van der Waals surface area contributed by atoms with Crippen LogP contribution in [-0.2, 0) is 6.61 Å². The lowest BCUT2D eigenvalue weighted by atomic mass is 10.1. The van der Waals surface area contributed by atoms with Gasteiger partial charge in [0, 0.05) is 11.1 Å². The summed E-state index contributed by atoms with van der Waals surface area (Å²) in [5.74, 6) is 2.27. The van der Waals surface area contributed by atoms with Gasteiger partial charge in [-0.05, 0) is 49.4 Å². The third-order valence-electron chi connectivity index (χ3n) is 4.43. The van der Waals surface area contributed by atoms with Crippen LogP contribution < -0.4 is 24.3 Å². The minimum Gasteiger partial charge on any atom is -0.495 e. The molecular weight excluding hydrogens is 382 g/mol. The highest BCUT2D eigenvalue weighted by atomic mass is 16.5.